The Labute approximate surface area is 129 Å². The maximum Gasteiger partial charge on any atom is 0.352 e. The minimum absolute atomic E-state index is 0.0488. The molecule has 0 N–H and O–H groups in total. The van der Waals surface area contributed by atoms with Crippen molar-refractivity contribution in [3.63, 3.8) is 0 Å². The highest BCUT2D eigenvalue weighted by molar-refractivity contribution is 6.68. The van der Waals surface area contributed by atoms with Crippen LogP contribution >= 0.6 is 34.8 Å². The van der Waals surface area contributed by atoms with Gasteiger partial charge in [-0.3, -0.25) is 9.59 Å². The molecule has 0 bridgehead atoms. The number of carbonyl (C=O) groups excluding carboxylic acids is 3. The van der Waals surface area contributed by atoms with Crippen molar-refractivity contribution >= 4 is 53.0 Å². The third-order valence-corrected chi connectivity index (χ3v) is 2.74. The number of alkyl halides is 3. The largest absolute Gasteiger partial charge is 0.454 e. The summed E-state index contributed by atoms with van der Waals surface area (Å²) in [5.41, 5.74) is 0.363. The van der Waals surface area contributed by atoms with Gasteiger partial charge in [0.15, 0.2) is 12.4 Å². The molecule has 0 saturated heterocycles. The fourth-order valence-corrected chi connectivity index (χ4v) is 1.66. The summed E-state index contributed by atoms with van der Waals surface area (Å²) >= 11 is 16.4. The van der Waals surface area contributed by atoms with Crippen LogP contribution in [-0.4, -0.2) is 34.7 Å². The maximum absolute atomic E-state index is 11.7. The minimum atomic E-state index is -2.19. The molecule has 0 heterocycles. The van der Waals surface area contributed by atoms with Crippen LogP contribution < -0.4 is 0 Å². The molecule has 1 unspecified atom stereocenters. The number of Topliss-reactive ketones (excluding diaryl/α,β-unsaturated/α-hetero) is 1. The van der Waals surface area contributed by atoms with E-state index in [9.17, 15) is 14.4 Å². The lowest BCUT2D eigenvalue weighted by molar-refractivity contribution is -0.160. The second-order valence-electron chi connectivity index (χ2n) is 3.55. The van der Waals surface area contributed by atoms with Crippen molar-refractivity contribution in [3.8, 4) is 0 Å². The molecule has 1 aromatic carbocycles. The lowest BCUT2D eigenvalue weighted by Crippen LogP contribution is -2.38. The summed E-state index contributed by atoms with van der Waals surface area (Å²) in [6.45, 7) is -0.602. The summed E-state index contributed by atoms with van der Waals surface area (Å²) in [7, 11) is 0. The van der Waals surface area contributed by atoms with Gasteiger partial charge in [-0.1, -0.05) is 65.1 Å². The highest BCUT2D eigenvalue weighted by Crippen LogP contribution is 2.32. The van der Waals surface area contributed by atoms with Gasteiger partial charge in [-0.05, 0) is 0 Å². The van der Waals surface area contributed by atoms with Crippen molar-refractivity contribution in [2.75, 3.05) is 6.61 Å². The smallest absolute Gasteiger partial charge is 0.352 e. The molecule has 0 aliphatic rings. The van der Waals surface area contributed by atoms with Crippen LogP contribution in [0.3, 0.4) is 0 Å². The number of ketones is 1. The molecule has 1 aromatic rings. The number of hydrogen-bond donors (Lipinski definition) is 0. The van der Waals surface area contributed by atoms with E-state index in [0.29, 0.717) is 5.56 Å². The number of carbonyl (C=O) groups is 3. The van der Waals surface area contributed by atoms with E-state index in [1.54, 1.807) is 30.3 Å². The molecule has 0 aromatic heterocycles. The summed E-state index contributed by atoms with van der Waals surface area (Å²) in [5, 5.41) is 0. The van der Waals surface area contributed by atoms with Crippen LogP contribution in [0.1, 0.15) is 10.4 Å². The van der Waals surface area contributed by atoms with Gasteiger partial charge < -0.3 is 9.47 Å². The zero-order valence-corrected chi connectivity index (χ0v) is 12.2. The molecule has 0 fully saturated rings. The normalized spacial score (nSPS) is 12.3. The number of ether oxygens (including phenoxy) is 2. The Hall–Kier alpha value is -1.30. The van der Waals surface area contributed by atoms with Crippen molar-refractivity contribution in [1.82, 2.24) is 0 Å². The zero-order chi connectivity index (χ0) is 15.2. The van der Waals surface area contributed by atoms with E-state index >= 15 is 0 Å². The molecule has 0 aliphatic heterocycles. The lowest BCUT2D eigenvalue weighted by atomic mass is 10.1. The Kier molecular flexibility index (Phi) is 6.26. The van der Waals surface area contributed by atoms with Gasteiger partial charge in [0.25, 0.3) is 6.47 Å². The van der Waals surface area contributed by atoms with Gasteiger partial charge in [0, 0.05) is 5.56 Å². The molecule has 108 valence electrons. The number of benzene rings is 1. The van der Waals surface area contributed by atoms with Crippen molar-refractivity contribution in [3.05, 3.63) is 35.9 Å². The van der Waals surface area contributed by atoms with Gasteiger partial charge in [0.2, 0.25) is 9.90 Å². The van der Waals surface area contributed by atoms with E-state index in [-0.39, 0.29) is 6.47 Å². The zero-order valence-electron chi connectivity index (χ0n) is 9.92. The number of esters is 1. The van der Waals surface area contributed by atoms with E-state index in [1.807, 2.05) is 0 Å². The summed E-state index contributed by atoms with van der Waals surface area (Å²) in [4.78, 5) is 33.5. The Morgan fingerprint density at radius 3 is 2.30 bits per heavy atom. The fourth-order valence-electron chi connectivity index (χ4n) is 1.24. The van der Waals surface area contributed by atoms with Crippen molar-refractivity contribution in [1.29, 1.82) is 0 Å². The predicted octanol–water partition coefficient (Wildman–Crippen LogP) is 2.32. The summed E-state index contributed by atoms with van der Waals surface area (Å²) in [5.74, 6) is -1.56. The Morgan fingerprint density at radius 1 is 1.20 bits per heavy atom. The molecular formula is C12H9Cl3O5. The average molecular weight is 340 g/mol. The van der Waals surface area contributed by atoms with Crippen LogP contribution in [0.2, 0.25) is 0 Å². The van der Waals surface area contributed by atoms with E-state index in [1.165, 1.54) is 0 Å². The van der Waals surface area contributed by atoms with E-state index in [0.717, 1.165) is 0 Å². The average Bonchev–Trinajstić information content (AvgIpc) is 2.41. The molecule has 8 heteroatoms. The van der Waals surface area contributed by atoms with Gasteiger partial charge in [-0.25, -0.2) is 4.79 Å². The number of halogens is 3. The van der Waals surface area contributed by atoms with Crippen molar-refractivity contribution < 1.29 is 23.9 Å². The van der Waals surface area contributed by atoms with Gasteiger partial charge in [-0.15, -0.1) is 0 Å². The molecule has 0 radical (unpaired) electrons. The first-order chi connectivity index (χ1) is 9.36. The Morgan fingerprint density at radius 2 is 1.80 bits per heavy atom. The molecule has 1 atom stereocenters. The third-order valence-electron chi connectivity index (χ3n) is 2.14. The molecule has 20 heavy (non-hydrogen) atoms. The molecule has 0 aliphatic carbocycles. The standard InChI is InChI=1S/C12H9Cl3O5/c13-12(14,15)10(20-7-16)11(18)19-6-9(17)8-4-2-1-3-5-8/h1-5,7,10H,6H2. The topological polar surface area (TPSA) is 69.7 Å². The van der Waals surface area contributed by atoms with Crippen LogP contribution in [0.4, 0.5) is 0 Å². The second-order valence-corrected chi connectivity index (χ2v) is 5.92. The summed E-state index contributed by atoms with van der Waals surface area (Å²) in [6, 6.07) is 8.18. The Bertz CT molecular complexity index is 484. The molecule has 5 nitrogen and oxygen atoms in total. The summed E-state index contributed by atoms with van der Waals surface area (Å²) < 4.78 is 6.83. The van der Waals surface area contributed by atoms with E-state index < -0.39 is 28.3 Å². The van der Waals surface area contributed by atoms with Crippen LogP contribution in [0.5, 0.6) is 0 Å². The van der Waals surface area contributed by atoms with Crippen LogP contribution in [0.25, 0.3) is 0 Å². The Balaban J connectivity index is 2.62. The monoisotopic (exact) mass is 338 g/mol. The molecule has 1 rings (SSSR count). The predicted molar refractivity (Wildman–Crippen MR) is 73.0 cm³/mol. The first-order valence-corrected chi connectivity index (χ1v) is 6.40. The van der Waals surface area contributed by atoms with E-state index in [2.05, 4.69) is 9.47 Å². The first kappa shape index (κ1) is 16.8. The maximum atomic E-state index is 11.7. The van der Waals surface area contributed by atoms with Gasteiger partial charge >= 0.3 is 5.97 Å². The minimum Gasteiger partial charge on any atom is -0.454 e. The second kappa shape index (κ2) is 7.47. The van der Waals surface area contributed by atoms with Gasteiger partial charge in [0.1, 0.15) is 0 Å². The highest BCUT2D eigenvalue weighted by atomic mass is 35.6. The van der Waals surface area contributed by atoms with Crippen molar-refractivity contribution in [2.45, 2.75) is 9.90 Å². The van der Waals surface area contributed by atoms with E-state index in [4.69, 9.17) is 34.8 Å². The fraction of sp³-hybridized carbons (Fsp3) is 0.250. The van der Waals surface area contributed by atoms with Crippen LogP contribution in [0.15, 0.2) is 30.3 Å². The van der Waals surface area contributed by atoms with Gasteiger partial charge in [0.05, 0.1) is 0 Å². The third kappa shape index (κ3) is 5.00. The number of hydrogen-bond acceptors (Lipinski definition) is 5. The van der Waals surface area contributed by atoms with Crippen molar-refractivity contribution in [2.24, 2.45) is 0 Å². The molecule has 0 saturated carbocycles. The molecule has 0 spiro atoms. The SMILES string of the molecule is O=COC(C(=O)OCC(=O)c1ccccc1)C(Cl)(Cl)Cl. The quantitative estimate of drug-likeness (QED) is 0.344. The number of rotatable bonds is 6. The molecule has 0 amide bonds. The molecular weight excluding hydrogens is 330 g/mol. The van der Waals surface area contributed by atoms with Crippen LogP contribution in [0, 0.1) is 0 Å². The van der Waals surface area contributed by atoms with Gasteiger partial charge in [-0.2, -0.15) is 0 Å². The summed E-state index contributed by atoms with van der Waals surface area (Å²) in [6.07, 6.45) is -1.74. The van der Waals surface area contributed by atoms with Crippen LogP contribution in [-0.2, 0) is 19.1 Å². The lowest BCUT2D eigenvalue weighted by Gasteiger charge is -2.20. The highest BCUT2D eigenvalue weighted by Gasteiger charge is 2.42. The first-order valence-electron chi connectivity index (χ1n) is 5.27.